The van der Waals surface area contributed by atoms with Crippen molar-refractivity contribution in [3.63, 3.8) is 0 Å². The van der Waals surface area contributed by atoms with Crippen molar-refractivity contribution in [2.75, 3.05) is 0 Å². The van der Waals surface area contributed by atoms with Crippen molar-refractivity contribution in [2.24, 2.45) is 0 Å². The largest absolute Gasteiger partial charge is 0.309 e. The van der Waals surface area contributed by atoms with Crippen LogP contribution >= 0.6 is 7.14 Å². The smallest absolute Gasteiger partial charge is 0.171 e. The van der Waals surface area contributed by atoms with E-state index in [1.807, 2.05) is 60.7 Å². The summed E-state index contributed by atoms with van der Waals surface area (Å²) < 4.78 is 17.3. The van der Waals surface area contributed by atoms with Gasteiger partial charge in [-0.2, -0.15) is 0 Å². The van der Waals surface area contributed by atoms with Crippen LogP contribution in [0.5, 0.6) is 0 Å². The zero-order valence-electron chi connectivity index (χ0n) is 18.9. The fourth-order valence-electron chi connectivity index (χ4n) is 4.98. The van der Waals surface area contributed by atoms with E-state index >= 15 is 4.57 Å². The van der Waals surface area contributed by atoms with Crippen molar-refractivity contribution < 1.29 is 4.57 Å². The Labute approximate surface area is 199 Å². The number of fused-ring (bicyclic) bond motifs is 3. The zero-order chi connectivity index (χ0) is 23.1. The first kappa shape index (κ1) is 20.7. The minimum atomic E-state index is -3.07. The van der Waals surface area contributed by atoms with Crippen LogP contribution in [-0.4, -0.2) is 4.57 Å². The van der Waals surface area contributed by atoms with Crippen LogP contribution in [0.15, 0.2) is 127 Å². The van der Waals surface area contributed by atoms with Crippen molar-refractivity contribution in [1.29, 1.82) is 0 Å². The van der Waals surface area contributed by atoms with Crippen molar-refractivity contribution in [3.05, 3.63) is 133 Å². The fourth-order valence-corrected chi connectivity index (χ4v) is 7.76. The molecule has 1 heterocycles. The normalized spacial score (nSPS) is 11.8. The monoisotopic (exact) mass is 457 g/mol. The molecule has 6 rings (SSSR count). The van der Waals surface area contributed by atoms with Crippen LogP contribution in [0, 0.1) is 6.92 Å². The lowest BCUT2D eigenvalue weighted by Crippen LogP contribution is -2.25. The summed E-state index contributed by atoms with van der Waals surface area (Å²) in [5.74, 6) is 0. The minimum absolute atomic E-state index is 0.847. The second-order valence-electron chi connectivity index (χ2n) is 8.68. The van der Waals surface area contributed by atoms with E-state index < -0.39 is 7.14 Å². The van der Waals surface area contributed by atoms with Gasteiger partial charge in [0.25, 0.3) is 0 Å². The predicted octanol–water partition coefficient (Wildman–Crippen LogP) is 6.73. The Morgan fingerprint density at radius 3 is 1.53 bits per heavy atom. The van der Waals surface area contributed by atoms with Gasteiger partial charge in [0.1, 0.15) is 0 Å². The van der Waals surface area contributed by atoms with E-state index in [9.17, 15) is 0 Å². The molecule has 0 unspecified atom stereocenters. The number of aryl methyl sites for hydroxylation is 1. The lowest BCUT2D eigenvalue weighted by Gasteiger charge is -2.22. The van der Waals surface area contributed by atoms with E-state index in [4.69, 9.17) is 0 Å². The van der Waals surface area contributed by atoms with Crippen LogP contribution < -0.4 is 15.9 Å². The summed E-state index contributed by atoms with van der Waals surface area (Å²) in [7, 11) is -3.07. The Bertz CT molecular complexity index is 1590. The molecule has 0 N–H and O–H groups in total. The van der Waals surface area contributed by atoms with Crippen LogP contribution in [0.1, 0.15) is 5.56 Å². The van der Waals surface area contributed by atoms with Crippen molar-refractivity contribution in [2.45, 2.75) is 6.92 Å². The maximum Gasteiger partial charge on any atom is 0.171 e. The van der Waals surface area contributed by atoms with Gasteiger partial charge in [0.2, 0.25) is 0 Å². The fraction of sp³-hybridized carbons (Fsp3) is 0.0323. The van der Waals surface area contributed by atoms with E-state index in [2.05, 4.69) is 78.2 Å². The summed E-state index contributed by atoms with van der Waals surface area (Å²) in [5, 5.41) is 4.98. The van der Waals surface area contributed by atoms with Crippen molar-refractivity contribution >= 4 is 44.9 Å². The maximum atomic E-state index is 15.0. The summed E-state index contributed by atoms with van der Waals surface area (Å²) in [4.78, 5) is 0. The molecule has 0 aliphatic rings. The second kappa shape index (κ2) is 8.17. The van der Waals surface area contributed by atoms with Crippen LogP contribution in [0.4, 0.5) is 0 Å². The van der Waals surface area contributed by atoms with Crippen molar-refractivity contribution in [1.82, 2.24) is 4.57 Å². The molecule has 6 aromatic rings. The molecule has 1 aromatic heterocycles. The highest BCUT2D eigenvalue weighted by Crippen LogP contribution is 2.43. The first-order chi connectivity index (χ1) is 16.7. The van der Waals surface area contributed by atoms with Gasteiger partial charge in [0.05, 0.1) is 11.0 Å². The molecular weight excluding hydrogens is 433 g/mol. The summed E-state index contributed by atoms with van der Waals surface area (Å²) in [6.07, 6.45) is 0. The molecule has 0 fully saturated rings. The number of nitrogens with zero attached hydrogens (tertiary/aromatic N) is 1. The first-order valence-corrected chi connectivity index (χ1v) is 13.2. The second-order valence-corrected chi connectivity index (χ2v) is 11.4. The van der Waals surface area contributed by atoms with Crippen LogP contribution in [0.2, 0.25) is 0 Å². The molecule has 0 aliphatic carbocycles. The molecule has 0 saturated heterocycles. The highest BCUT2D eigenvalue weighted by atomic mass is 31.2. The van der Waals surface area contributed by atoms with Gasteiger partial charge in [0, 0.05) is 32.4 Å². The first-order valence-electron chi connectivity index (χ1n) is 11.5. The van der Waals surface area contributed by atoms with Crippen molar-refractivity contribution in [3.8, 4) is 5.69 Å². The number of rotatable bonds is 4. The molecule has 0 amide bonds. The molecule has 164 valence electrons. The van der Waals surface area contributed by atoms with E-state index in [1.54, 1.807) is 0 Å². The number of hydrogen-bond acceptors (Lipinski definition) is 1. The van der Waals surface area contributed by atoms with E-state index in [0.717, 1.165) is 38.2 Å². The Morgan fingerprint density at radius 2 is 1.00 bits per heavy atom. The molecular formula is C31H24NOP. The summed E-state index contributed by atoms with van der Waals surface area (Å²) >= 11 is 0. The minimum Gasteiger partial charge on any atom is -0.309 e. The number of hydrogen-bond donors (Lipinski definition) is 0. The molecule has 34 heavy (non-hydrogen) atoms. The van der Waals surface area contributed by atoms with Gasteiger partial charge in [-0.3, -0.25) is 0 Å². The molecule has 0 spiro atoms. The molecule has 3 heteroatoms. The highest BCUT2D eigenvalue weighted by Gasteiger charge is 2.30. The molecule has 0 atom stereocenters. The lowest BCUT2D eigenvalue weighted by molar-refractivity contribution is 0.592. The molecule has 0 saturated carbocycles. The highest BCUT2D eigenvalue weighted by molar-refractivity contribution is 7.85. The molecule has 0 radical (unpaired) electrons. The average molecular weight is 458 g/mol. The number of benzene rings is 5. The quantitative estimate of drug-likeness (QED) is 0.269. The maximum absolute atomic E-state index is 15.0. The van der Waals surface area contributed by atoms with Gasteiger partial charge in [-0.05, 0) is 42.8 Å². The Kier molecular flexibility index (Phi) is 4.98. The topological polar surface area (TPSA) is 22.0 Å². The van der Waals surface area contributed by atoms with Gasteiger partial charge >= 0.3 is 0 Å². The van der Waals surface area contributed by atoms with Gasteiger partial charge < -0.3 is 9.13 Å². The Balaban J connectivity index is 1.67. The third-order valence-corrected chi connectivity index (χ3v) is 9.52. The Hall–Kier alpha value is -3.87. The molecule has 5 aromatic carbocycles. The zero-order valence-corrected chi connectivity index (χ0v) is 19.8. The van der Waals surface area contributed by atoms with Crippen LogP contribution in [-0.2, 0) is 4.57 Å². The van der Waals surface area contributed by atoms with E-state index in [0.29, 0.717) is 0 Å². The third kappa shape index (κ3) is 3.22. The number of aromatic nitrogens is 1. The van der Waals surface area contributed by atoms with Gasteiger partial charge in [0.15, 0.2) is 7.14 Å². The molecule has 0 aliphatic heterocycles. The van der Waals surface area contributed by atoms with Crippen LogP contribution in [0.3, 0.4) is 0 Å². The van der Waals surface area contributed by atoms with E-state index in [1.165, 1.54) is 10.8 Å². The molecule has 0 bridgehead atoms. The third-order valence-electron chi connectivity index (χ3n) is 6.49. The Morgan fingerprint density at radius 1 is 0.529 bits per heavy atom. The standard InChI is InChI=1S/C31H24NOP/c1-23-20-24(32-30-18-10-8-16-28(30)29-17-9-11-19-31(29)32)22-27(21-23)34(33,25-12-4-2-5-13-25)26-14-6-3-7-15-26/h2-22H,1H3. The molecule has 2 nitrogen and oxygen atoms in total. The summed E-state index contributed by atoms with van der Waals surface area (Å²) in [5.41, 5.74) is 4.41. The van der Waals surface area contributed by atoms with Gasteiger partial charge in [-0.25, -0.2) is 0 Å². The van der Waals surface area contributed by atoms with Crippen LogP contribution in [0.25, 0.3) is 27.5 Å². The average Bonchev–Trinajstić information content (AvgIpc) is 3.23. The van der Waals surface area contributed by atoms with Gasteiger partial charge in [-0.1, -0.05) is 97.1 Å². The lowest BCUT2D eigenvalue weighted by atomic mass is 10.2. The summed E-state index contributed by atoms with van der Waals surface area (Å²) in [6.45, 7) is 2.08. The summed E-state index contributed by atoms with van der Waals surface area (Å²) in [6, 6.07) is 43.1. The van der Waals surface area contributed by atoms with Gasteiger partial charge in [-0.15, -0.1) is 0 Å². The predicted molar refractivity (Wildman–Crippen MR) is 145 cm³/mol. The SMILES string of the molecule is Cc1cc(-n2c3ccccc3c3ccccc32)cc(P(=O)(c2ccccc2)c2ccccc2)c1. The van der Waals surface area contributed by atoms with E-state index in [-0.39, 0.29) is 0 Å². The number of para-hydroxylation sites is 2.